The van der Waals surface area contributed by atoms with Crippen molar-refractivity contribution in [2.75, 3.05) is 38.1 Å². The normalized spacial score (nSPS) is 12.9. The number of rotatable bonds is 11. The van der Waals surface area contributed by atoms with Gasteiger partial charge in [0.15, 0.2) is 0 Å². The van der Waals surface area contributed by atoms with E-state index < -0.39 is 24.7 Å². The maximum Gasteiger partial charge on any atom is 0.399 e. The van der Waals surface area contributed by atoms with Gasteiger partial charge in [-0.3, -0.25) is 23.7 Å². The van der Waals surface area contributed by atoms with Gasteiger partial charge in [-0.1, -0.05) is 68.4 Å². The number of likely N-dealkylation sites (tertiary alicyclic amines) is 1. The van der Waals surface area contributed by atoms with E-state index in [1.165, 1.54) is 17.0 Å². The number of fused-ring (bicyclic) bond motifs is 1. The molecule has 1 saturated heterocycles. The second kappa shape index (κ2) is 21.0. The molecule has 0 spiro atoms. The number of aromatic amines is 1. The summed E-state index contributed by atoms with van der Waals surface area (Å²) in [5.74, 6) is -0.651. The number of H-pyrrole nitrogens is 1. The van der Waals surface area contributed by atoms with Gasteiger partial charge in [-0.2, -0.15) is 8.78 Å². The number of carbonyl (C=O) groups is 4. The van der Waals surface area contributed by atoms with Gasteiger partial charge in [-0.15, -0.1) is 0 Å². The van der Waals surface area contributed by atoms with Crippen LogP contribution in [0.25, 0.3) is 10.9 Å². The molecule has 0 bridgehead atoms. The molecule has 53 heavy (non-hydrogen) atoms. The van der Waals surface area contributed by atoms with Crippen molar-refractivity contribution in [3.05, 3.63) is 102 Å². The molecule has 12 nitrogen and oxygen atoms in total. The van der Waals surface area contributed by atoms with E-state index in [2.05, 4.69) is 4.98 Å². The predicted molar refractivity (Wildman–Crippen MR) is 203 cm³/mol. The first kappa shape index (κ1) is 44.3. The van der Waals surface area contributed by atoms with Crippen molar-refractivity contribution in [3.8, 4) is 0 Å². The smallest absolute Gasteiger partial charge is 0.364 e. The summed E-state index contributed by atoms with van der Waals surface area (Å²) < 4.78 is 37.7. The zero-order chi connectivity index (χ0) is 39.8. The third kappa shape index (κ3) is 12.6. The summed E-state index contributed by atoms with van der Waals surface area (Å²) in [7, 11) is -3.89. The molecule has 1 aliphatic heterocycles. The van der Waals surface area contributed by atoms with Gasteiger partial charge in [0, 0.05) is 61.8 Å². The van der Waals surface area contributed by atoms with Crippen molar-refractivity contribution in [3.63, 3.8) is 0 Å². The molecule has 5 N–H and O–H groups in total. The highest BCUT2D eigenvalue weighted by atomic mass is 31.2. The van der Waals surface area contributed by atoms with Crippen LogP contribution in [0, 0.1) is 0 Å². The van der Waals surface area contributed by atoms with E-state index in [1.54, 1.807) is 11.9 Å². The van der Waals surface area contributed by atoms with Crippen molar-refractivity contribution in [2.45, 2.75) is 58.5 Å². The highest BCUT2D eigenvalue weighted by Gasteiger charge is 2.50. The number of anilines is 1. The van der Waals surface area contributed by atoms with Crippen molar-refractivity contribution >= 4 is 48.3 Å². The van der Waals surface area contributed by atoms with Crippen molar-refractivity contribution in [2.24, 2.45) is 5.73 Å². The summed E-state index contributed by atoms with van der Waals surface area (Å²) in [5.41, 5.74) is 2.23. The van der Waals surface area contributed by atoms with Gasteiger partial charge in [0.1, 0.15) is 5.69 Å². The minimum absolute atomic E-state index is 0.0200. The van der Waals surface area contributed by atoms with E-state index in [0.717, 1.165) is 55.7 Å². The Kier molecular flexibility index (Phi) is 17.5. The Morgan fingerprint density at radius 3 is 2.06 bits per heavy atom. The van der Waals surface area contributed by atoms with Crippen LogP contribution in [0.2, 0.25) is 0 Å². The van der Waals surface area contributed by atoms with E-state index in [1.807, 2.05) is 93.3 Å². The van der Waals surface area contributed by atoms with Crippen LogP contribution in [0.15, 0.2) is 84.9 Å². The second-order valence-electron chi connectivity index (χ2n) is 11.9. The van der Waals surface area contributed by atoms with E-state index in [-0.39, 0.29) is 28.8 Å². The number of alkyl halides is 2. The number of nitrogens with one attached hydrogen (secondary N) is 1. The third-order valence-corrected chi connectivity index (χ3v) is 9.33. The topological polar surface area (TPSA) is 177 Å². The van der Waals surface area contributed by atoms with Crippen LogP contribution in [-0.2, 0) is 24.6 Å². The molecule has 1 unspecified atom stereocenters. The third-order valence-electron chi connectivity index (χ3n) is 8.34. The molecule has 1 aliphatic rings. The van der Waals surface area contributed by atoms with Gasteiger partial charge in [0.25, 0.3) is 5.91 Å². The molecule has 0 aliphatic carbocycles. The summed E-state index contributed by atoms with van der Waals surface area (Å²) in [6, 6.07) is 23.5. The number of nitrogens with two attached hydrogens (primary N) is 1. The Balaban J connectivity index is 0.000000285. The fourth-order valence-electron chi connectivity index (χ4n) is 5.28. The van der Waals surface area contributed by atoms with Crippen molar-refractivity contribution in [1.29, 1.82) is 0 Å². The summed E-state index contributed by atoms with van der Waals surface area (Å²) >= 11 is 0. The fraction of sp³-hybridized carbons (Fsp3) is 0.368. The number of nitrogens with zero attached hydrogens (tertiary/aromatic N) is 3. The zero-order valence-corrected chi connectivity index (χ0v) is 31.6. The first-order valence-electron chi connectivity index (χ1n) is 17.3. The molecule has 0 saturated carbocycles. The molecular weight excluding hydrogens is 707 g/mol. The molecule has 1 fully saturated rings. The summed E-state index contributed by atoms with van der Waals surface area (Å²) in [6.45, 7) is 10.8. The van der Waals surface area contributed by atoms with Crippen LogP contribution >= 0.6 is 7.60 Å². The second-order valence-corrected chi connectivity index (χ2v) is 13.5. The molecule has 15 heteroatoms. The van der Waals surface area contributed by atoms with Gasteiger partial charge in [-0.25, -0.2) is 0 Å². The number of benzene rings is 3. The highest BCUT2D eigenvalue weighted by Crippen LogP contribution is 2.59. The first-order chi connectivity index (χ1) is 25.1. The number of hydrogen-bond acceptors (Lipinski definition) is 5. The number of hydrogen-bond donors (Lipinski definition) is 4. The minimum Gasteiger partial charge on any atom is -0.364 e. The van der Waals surface area contributed by atoms with Crippen LogP contribution < -0.4 is 10.6 Å². The zero-order valence-electron chi connectivity index (χ0n) is 30.7. The number of carbonyl (C=O) groups excluding carboxylic acids is 4. The van der Waals surface area contributed by atoms with Gasteiger partial charge < -0.3 is 35.2 Å². The maximum absolute atomic E-state index is 13.5. The average Bonchev–Trinajstić information content (AvgIpc) is 3.87. The molecule has 1 aromatic heterocycles. The van der Waals surface area contributed by atoms with Gasteiger partial charge >= 0.3 is 13.3 Å². The van der Waals surface area contributed by atoms with E-state index in [9.17, 15) is 32.5 Å². The van der Waals surface area contributed by atoms with Crippen LogP contribution in [0.4, 0.5) is 14.5 Å². The Bertz CT molecular complexity index is 1810. The predicted octanol–water partition coefficient (Wildman–Crippen LogP) is 6.45. The van der Waals surface area contributed by atoms with E-state index in [0.29, 0.717) is 25.0 Å². The van der Waals surface area contributed by atoms with E-state index in [4.69, 9.17) is 15.5 Å². The number of para-hydroxylation sites is 1. The number of halogens is 2. The molecule has 5 rings (SSSR count). The van der Waals surface area contributed by atoms with Crippen molar-refractivity contribution in [1.82, 2.24) is 14.8 Å². The lowest BCUT2D eigenvalue weighted by Crippen LogP contribution is -2.38. The molecule has 4 aromatic rings. The minimum atomic E-state index is -5.62. The van der Waals surface area contributed by atoms with Gasteiger partial charge in [0.2, 0.25) is 18.2 Å². The van der Waals surface area contributed by atoms with Crippen molar-refractivity contribution < 1.29 is 42.3 Å². The number of primary amides is 1. The molecule has 2 heterocycles. The standard InChI is InChI=1S/C18H26N2O2.C10H9F2N2O4P.C8H9NO.C2H6/c1-3-19(14-11-17(21)20-12-7-8-13-20)18(22)15(2)16-9-5-4-6-10-16;11-10(12,19(16,17)18)6-1-2-7-5(3-6)4-8(14-7)9(13)15;1-9(7-10)8-5-3-2-4-6-8;1-2/h4-6,9-10,15H,3,7-8,11-14H2,1-2H3;1-4,14H,(H2,13,15)(H2,16,17,18);2-7H,1H3;1-2H3. The number of aromatic nitrogens is 1. The lowest BCUT2D eigenvalue weighted by molar-refractivity contribution is -0.134. The monoisotopic (exact) mass is 757 g/mol. The number of amides is 4. The lowest BCUT2D eigenvalue weighted by Gasteiger charge is -2.25. The van der Waals surface area contributed by atoms with Crippen LogP contribution in [0.3, 0.4) is 0 Å². The summed E-state index contributed by atoms with van der Waals surface area (Å²) in [4.78, 5) is 71.0. The first-order valence-corrected chi connectivity index (χ1v) is 18.9. The van der Waals surface area contributed by atoms with Crippen LogP contribution in [0.1, 0.15) is 74.5 Å². The summed E-state index contributed by atoms with van der Waals surface area (Å²) in [5, 5.41) is 0.208. The Morgan fingerprint density at radius 1 is 0.981 bits per heavy atom. The Morgan fingerprint density at radius 2 is 1.55 bits per heavy atom. The quantitative estimate of drug-likeness (QED) is 0.100. The van der Waals surface area contributed by atoms with Gasteiger partial charge in [-0.05, 0) is 62.6 Å². The Labute approximate surface area is 309 Å². The molecule has 288 valence electrons. The van der Waals surface area contributed by atoms with Gasteiger partial charge in [0.05, 0.1) is 5.92 Å². The largest absolute Gasteiger partial charge is 0.399 e. The van der Waals surface area contributed by atoms with Crippen LogP contribution in [-0.4, -0.2) is 81.9 Å². The summed E-state index contributed by atoms with van der Waals surface area (Å²) in [6.07, 6.45) is 3.43. The lowest BCUT2D eigenvalue weighted by atomic mass is 10.00. The fourth-order valence-corrected chi connectivity index (χ4v) is 5.76. The Hall–Kier alpha value is -4.91. The maximum atomic E-state index is 13.5. The highest BCUT2D eigenvalue weighted by molar-refractivity contribution is 7.52. The molecule has 3 aromatic carbocycles. The van der Waals surface area contributed by atoms with Crippen LogP contribution in [0.5, 0.6) is 0 Å². The molecular formula is C38H50F2N5O7P. The SMILES string of the molecule is CC.CCN(CCC(=O)N1CCCC1)C(=O)C(C)c1ccccc1.CN(C=O)c1ccccc1.NC(=O)c1cc2cc(C(F)(F)P(=O)(O)O)ccc2[nH]1. The average molecular weight is 758 g/mol. The van der Waals surface area contributed by atoms with E-state index >= 15 is 0 Å². The molecule has 0 radical (unpaired) electrons. The molecule has 4 amide bonds. The molecule has 1 atom stereocenters. The number of likely N-dealkylation sites (N-methyl/N-ethyl adjacent to an activating group) is 1.